The molecule has 0 saturated heterocycles. The Balaban J connectivity index is 1.96. The summed E-state index contributed by atoms with van der Waals surface area (Å²) >= 11 is 0. The molecule has 3 fully saturated rings. The third-order valence-corrected chi connectivity index (χ3v) is 6.29. The molecular formula is C15H26O2. The highest BCUT2D eigenvalue weighted by molar-refractivity contribution is 5.12. The van der Waals surface area contributed by atoms with Gasteiger partial charge in [-0.05, 0) is 55.3 Å². The maximum absolute atomic E-state index is 11.2. The van der Waals surface area contributed by atoms with E-state index in [2.05, 4.69) is 13.8 Å². The van der Waals surface area contributed by atoms with Gasteiger partial charge in [0.15, 0.2) is 0 Å². The lowest BCUT2D eigenvalue weighted by atomic mass is 9.57. The van der Waals surface area contributed by atoms with Crippen molar-refractivity contribution in [3.8, 4) is 0 Å². The molecular weight excluding hydrogens is 212 g/mol. The van der Waals surface area contributed by atoms with E-state index >= 15 is 0 Å². The van der Waals surface area contributed by atoms with Crippen LogP contribution in [0.2, 0.25) is 0 Å². The Morgan fingerprint density at radius 3 is 2.12 bits per heavy atom. The average Bonchev–Trinajstić information content (AvgIpc) is 2.95. The number of hydrogen-bond acceptors (Lipinski definition) is 2. The van der Waals surface area contributed by atoms with Crippen LogP contribution in [0, 0.1) is 23.2 Å². The molecule has 0 aliphatic heterocycles. The minimum atomic E-state index is -0.785. The minimum absolute atomic E-state index is 0.107. The summed E-state index contributed by atoms with van der Waals surface area (Å²) in [6, 6.07) is 0. The molecule has 2 N–H and O–H groups in total. The molecule has 17 heavy (non-hydrogen) atoms. The SMILES string of the molecule is CC1(C)[C@@H]2CC[C@@H](C2)[C@](O)(C2CCCC2)[C@H]1O. The van der Waals surface area contributed by atoms with E-state index in [1.54, 1.807) is 0 Å². The zero-order valence-corrected chi connectivity index (χ0v) is 11.2. The quantitative estimate of drug-likeness (QED) is 0.737. The highest BCUT2D eigenvalue weighted by Gasteiger charge is 2.62. The van der Waals surface area contributed by atoms with Crippen molar-refractivity contribution in [2.24, 2.45) is 23.2 Å². The highest BCUT2D eigenvalue weighted by Crippen LogP contribution is 2.59. The van der Waals surface area contributed by atoms with Gasteiger partial charge in [0.1, 0.15) is 0 Å². The first-order valence-electron chi connectivity index (χ1n) is 7.37. The number of hydrogen-bond donors (Lipinski definition) is 2. The zero-order chi connectivity index (χ0) is 12.3. The van der Waals surface area contributed by atoms with Crippen molar-refractivity contribution in [2.45, 2.75) is 70.5 Å². The van der Waals surface area contributed by atoms with Gasteiger partial charge in [0.25, 0.3) is 0 Å². The van der Waals surface area contributed by atoms with Gasteiger partial charge in [0.2, 0.25) is 0 Å². The summed E-state index contributed by atoms with van der Waals surface area (Å²) in [6.45, 7) is 4.31. The Bertz CT molecular complexity index is 302. The summed E-state index contributed by atoms with van der Waals surface area (Å²) in [5, 5.41) is 22.0. The lowest BCUT2D eigenvalue weighted by molar-refractivity contribution is -0.211. The topological polar surface area (TPSA) is 40.5 Å². The maximum Gasteiger partial charge on any atom is 0.0966 e. The van der Waals surface area contributed by atoms with Crippen LogP contribution in [0.5, 0.6) is 0 Å². The number of rotatable bonds is 1. The van der Waals surface area contributed by atoms with E-state index in [0.29, 0.717) is 17.8 Å². The first-order chi connectivity index (χ1) is 7.97. The van der Waals surface area contributed by atoms with Crippen LogP contribution >= 0.6 is 0 Å². The number of fused-ring (bicyclic) bond motifs is 2. The molecule has 0 amide bonds. The second-order valence-corrected chi connectivity index (χ2v) is 7.30. The van der Waals surface area contributed by atoms with E-state index in [4.69, 9.17) is 0 Å². The molecule has 0 aromatic heterocycles. The summed E-state index contributed by atoms with van der Waals surface area (Å²) in [7, 11) is 0. The fourth-order valence-corrected chi connectivity index (χ4v) is 5.06. The summed E-state index contributed by atoms with van der Waals surface area (Å²) < 4.78 is 0. The molecule has 3 aliphatic carbocycles. The van der Waals surface area contributed by atoms with Crippen molar-refractivity contribution < 1.29 is 10.2 Å². The van der Waals surface area contributed by atoms with Crippen molar-refractivity contribution in [1.82, 2.24) is 0 Å². The molecule has 98 valence electrons. The van der Waals surface area contributed by atoms with E-state index in [-0.39, 0.29) is 5.41 Å². The molecule has 2 bridgehead atoms. The summed E-state index contributed by atoms with van der Waals surface area (Å²) in [6.07, 6.45) is 7.63. The van der Waals surface area contributed by atoms with Gasteiger partial charge in [-0.25, -0.2) is 0 Å². The number of aliphatic hydroxyl groups excluding tert-OH is 1. The molecule has 0 unspecified atom stereocenters. The standard InChI is InChI=1S/C15H26O2/c1-14(2)11-7-8-12(9-11)15(17,13(14)16)10-5-3-4-6-10/h10-13,16-17H,3-9H2,1-2H3/t11-,12+,13+,15-/m1/s1. The Kier molecular flexibility index (Phi) is 2.61. The van der Waals surface area contributed by atoms with Crippen LogP contribution in [0.25, 0.3) is 0 Å². The fourth-order valence-electron chi connectivity index (χ4n) is 5.06. The van der Waals surface area contributed by atoms with Crippen LogP contribution in [0.15, 0.2) is 0 Å². The van der Waals surface area contributed by atoms with E-state index < -0.39 is 11.7 Å². The zero-order valence-electron chi connectivity index (χ0n) is 11.2. The predicted molar refractivity (Wildman–Crippen MR) is 67.5 cm³/mol. The fraction of sp³-hybridized carbons (Fsp3) is 1.00. The molecule has 2 heteroatoms. The Hall–Kier alpha value is -0.0800. The van der Waals surface area contributed by atoms with Gasteiger partial charge in [-0.1, -0.05) is 26.7 Å². The van der Waals surface area contributed by atoms with Crippen LogP contribution < -0.4 is 0 Å². The van der Waals surface area contributed by atoms with Gasteiger partial charge >= 0.3 is 0 Å². The average molecular weight is 238 g/mol. The molecule has 0 aromatic carbocycles. The molecule has 3 saturated carbocycles. The molecule has 4 atom stereocenters. The smallest absolute Gasteiger partial charge is 0.0966 e. The van der Waals surface area contributed by atoms with Crippen LogP contribution in [-0.4, -0.2) is 21.9 Å². The first-order valence-corrected chi connectivity index (χ1v) is 7.37. The Labute approximate surface area is 104 Å². The van der Waals surface area contributed by atoms with Crippen LogP contribution in [0.4, 0.5) is 0 Å². The molecule has 3 rings (SSSR count). The highest BCUT2D eigenvalue weighted by atomic mass is 16.3. The second kappa shape index (κ2) is 3.71. The van der Waals surface area contributed by atoms with Gasteiger partial charge in [0, 0.05) is 0 Å². The van der Waals surface area contributed by atoms with Crippen molar-refractivity contribution in [3.05, 3.63) is 0 Å². The number of aliphatic hydroxyl groups is 2. The molecule has 2 nitrogen and oxygen atoms in total. The normalized spacial score (nSPS) is 49.8. The van der Waals surface area contributed by atoms with Crippen molar-refractivity contribution in [3.63, 3.8) is 0 Å². The van der Waals surface area contributed by atoms with Crippen molar-refractivity contribution in [2.75, 3.05) is 0 Å². The molecule has 0 aromatic rings. The van der Waals surface area contributed by atoms with Gasteiger partial charge in [-0.2, -0.15) is 0 Å². The molecule has 0 heterocycles. The van der Waals surface area contributed by atoms with Gasteiger partial charge < -0.3 is 10.2 Å². The van der Waals surface area contributed by atoms with E-state index in [1.165, 1.54) is 19.3 Å². The minimum Gasteiger partial charge on any atom is -0.390 e. The van der Waals surface area contributed by atoms with Crippen molar-refractivity contribution in [1.29, 1.82) is 0 Å². The Morgan fingerprint density at radius 2 is 1.47 bits per heavy atom. The van der Waals surface area contributed by atoms with Crippen LogP contribution in [0.1, 0.15) is 58.8 Å². The Morgan fingerprint density at radius 1 is 0.882 bits per heavy atom. The third kappa shape index (κ3) is 1.46. The lowest BCUT2D eigenvalue weighted by Gasteiger charge is -2.53. The van der Waals surface area contributed by atoms with E-state index in [9.17, 15) is 10.2 Å². The van der Waals surface area contributed by atoms with E-state index in [0.717, 1.165) is 25.7 Å². The van der Waals surface area contributed by atoms with Crippen molar-refractivity contribution >= 4 is 0 Å². The summed E-state index contributed by atoms with van der Waals surface area (Å²) in [4.78, 5) is 0. The second-order valence-electron chi connectivity index (χ2n) is 7.30. The molecule has 0 radical (unpaired) electrons. The van der Waals surface area contributed by atoms with Gasteiger partial charge in [0.05, 0.1) is 11.7 Å². The van der Waals surface area contributed by atoms with Crippen LogP contribution in [0.3, 0.4) is 0 Å². The first kappa shape index (κ1) is 12.0. The lowest BCUT2D eigenvalue weighted by Crippen LogP contribution is -2.62. The molecule has 0 spiro atoms. The van der Waals surface area contributed by atoms with Gasteiger partial charge in [-0.15, -0.1) is 0 Å². The van der Waals surface area contributed by atoms with Gasteiger partial charge in [-0.3, -0.25) is 0 Å². The maximum atomic E-state index is 11.2. The van der Waals surface area contributed by atoms with Crippen LogP contribution in [-0.2, 0) is 0 Å². The summed E-state index contributed by atoms with van der Waals surface area (Å²) in [5.74, 6) is 1.32. The van der Waals surface area contributed by atoms with E-state index in [1.807, 2.05) is 0 Å². The summed E-state index contributed by atoms with van der Waals surface area (Å²) in [5.41, 5.74) is -0.892. The molecule has 3 aliphatic rings. The predicted octanol–water partition coefficient (Wildman–Crippen LogP) is 2.72. The third-order valence-electron chi connectivity index (χ3n) is 6.29. The largest absolute Gasteiger partial charge is 0.390 e. The monoisotopic (exact) mass is 238 g/mol.